The molecule has 1 saturated carbocycles. The van der Waals surface area contributed by atoms with E-state index in [0.717, 1.165) is 24.9 Å². The molecule has 2 rings (SSSR count). The minimum atomic E-state index is 0.754. The Morgan fingerprint density at radius 3 is 2.67 bits per heavy atom. The zero-order valence-electron chi connectivity index (χ0n) is 11.7. The number of rotatable bonds is 5. The fourth-order valence-corrected chi connectivity index (χ4v) is 2.92. The summed E-state index contributed by atoms with van der Waals surface area (Å²) < 4.78 is 5.53. The van der Waals surface area contributed by atoms with Crippen LogP contribution in [0.5, 0.6) is 0 Å². The Morgan fingerprint density at radius 2 is 2.00 bits per heavy atom. The fraction of sp³-hybridized carbons (Fsp3) is 0.733. The summed E-state index contributed by atoms with van der Waals surface area (Å²) >= 11 is 0. The summed E-state index contributed by atoms with van der Waals surface area (Å²) in [6, 6.07) is 2.87. The van der Waals surface area contributed by atoms with Gasteiger partial charge in [0.2, 0.25) is 0 Å². The Bertz CT molecular complexity index is 340. The molecule has 1 aromatic heterocycles. The molecular formula is C15H26N2O. The van der Waals surface area contributed by atoms with Crippen molar-refractivity contribution < 1.29 is 4.42 Å². The molecule has 1 aliphatic carbocycles. The van der Waals surface area contributed by atoms with E-state index in [9.17, 15) is 0 Å². The van der Waals surface area contributed by atoms with Crippen molar-refractivity contribution in [3.05, 3.63) is 23.7 Å². The van der Waals surface area contributed by atoms with E-state index in [1.165, 1.54) is 44.1 Å². The lowest BCUT2D eigenvalue weighted by molar-refractivity contribution is 0.211. The number of hydrogen-bond donors (Lipinski definition) is 1. The van der Waals surface area contributed by atoms with Gasteiger partial charge in [0.15, 0.2) is 0 Å². The number of furan rings is 1. The average molecular weight is 250 g/mol. The monoisotopic (exact) mass is 250 g/mol. The second-order valence-corrected chi connectivity index (χ2v) is 5.46. The highest BCUT2D eigenvalue weighted by Crippen LogP contribution is 2.23. The molecule has 0 bridgehead atoms. The maximum absolute atomic E-state index is 5.53. The van der Waals surface area contributed by atoms with Crippen molar-refractivity contribution in [3.8, 4) is 0 Å². The van der Waals surface area contributed by atoms with Crippen molar-refractivity contribution in [3.63, 3.8) is 0 Å². The number of nitrogens with one attached hydrogen (secondary N) is 1. The molecule has 18 heavy (non-hydrogen) atoms. The minimum absolute atomic E-state index is 0.754. The molecule has 3 heteroatoms. The predicted octanol–water partition coefficient (Wildman–Crippen LogP) is 3.15. The van der Waals surface area contributed by atoms with Gasteiger partial charge in [0.1, 0.15) is 5.76 Å². The van der Waals surface area contributed by atoms with Gasteiger partial charge in [-0.25, -0.2) is 0 Å². The molecule has 102 valence electrons. The average Bonchev–Trinajstić information content (AvgIpc) is 2.66. The summed E-state index contributed by atoms with van der Waals surface area (Å²) in [7, 11) is 4.22. The van der Waals surface area contributed by atoms with E-state index >= 15 is 0 Å². The molecule has 1 aliphatic rings. The van der Waals surface area contributed by atoms with E-state index in [1.807, 2.05) is 13.3 Å². The first-order valence-electron chi connectivity index (χ1n) is 7.21. The molecule has 1 heterocycles. The van der Waals surface area contributed by atoms with Crippen LogP contribution in [-0.2, 0) is 13.1 Å². The van der Waals surface area contributed by atoms with Crippen molar-refractivity contribution in [1.29, 1.82) is 0 Å². The van der Waals surface area contributed by atoms with Crippen molar-refractivity contribution >= 4 is 0 Å². The maximum Gasteiger partial charge on any atom is 0.122 e. The molecule has 0 atom stereocenters. The third kappa shape index (κ3) is 3.59. The van der Waals surface area contributed by atoms with Gasteiger partial charge in [0.25, 0.3) is 0 Å². The third-order valence-electron chi connectivity index (χ3n) is 4.04. The van der Waals surface area contributed by atoms with Crippen LogP contribution in [0.2, 0.25) is 0 Å². The maximum atomic E-state index is 5.53. The van der Waals surface area contributed by atoms with Crippen LogP contribution < -0.4 is 5.32 Å². The van der Waals surface area contributed by atoms with Crippen LogP contribution in [0.25, 0.3) is 0 Å². The zero-order valence-corrected chi connectivity index (χ0v) is 11.7. The molecule has 1 aromatic rings. The molecule has 1 N–H and O–H groups in total. The third-order valence-corrected chi connectivity index (χ3v) is 4.04. The number of hydrogen-bond acceptors (Lipinski definition) is 3. The van der Waals surface area contributed by atoms with Crippen LogP contribution in [-0.4, -0.2) is 25.0 Å². The highest BCUT2D eigenvalue weighted by molar-refractivity contribution is 5.16. The molecule has 0 aliphatic heterocycles. The first-order valence-corrected chi connectivity index (χ1v) is 7.21. The molecule has 0 unspecified atom stereocenters. The van der Waals surface area contributed by atoms with E-state index in [4.69, 9.17) is 4.42 Å². The minimum Gasteiger partial charge on any atom is -0.468 e. The van der Waals surface area contributed by atoms with Gasteiger partial charge in [-0.05, 0) is 33.0 Å². The van der Waals surface area contributed by atoms with Gasteiger partial charge in [-0.1, -0.05) is 25.7 Å². The molecule has 0 radical (unpaired) electrons. The first kappa shape index (κ1) is 13.6. The van der Waals surface area contributed by atoms with E-state index in [1.54, 1.807) is 0 Å². The topological polar surface area (TPSA) is 28.4 Å². The van der Waals surface area contributed by atoms with Crippen LogP contribution in [0.1, 0.15) is 49.8 Å². The lowest BCUT2D eigenvalue weighted by Crippen LogP contribution is -2.31. The van der Waals surface area contributed by atoms with Gasteiger partial charge in [-0.15, -0.1) is 0 Å². The Kier molecular flexibility index (Phi) is 5.26. The Balaban J connectivity index is 1.92. The summed E-state index contributed by atoms with van der Waals surface area (Å²) in [4.78, 5) is 2.51. The second-order valence-electron chi connectivity index (χ2n) is 5.46. The summed E-state index contributed by atoms with van der Waals surface area (Å²) in [5, 5.41) is 3.16. The second kappa shape index (κ2) is 6.95. The quantitative estimate of drug-likeness (QED) is 0.814. The van der Waals surface area contributed by atoms with Gasteiger partial charge in [-0.2, -0.15) is 0 Å². The van der Waals surface area contributed by atoms with Gasteiger partial charge in [-0.3, -0.25) is 4.90 Å². The van der Waals surface area contributed by atoms with E-state index in [2.05, 4.69) is 23.3 Å². The standard InChI is InChI=1S/C15H26N2O/c1-16-11-15-13(9-10-18-15)12-17(2)14-7-5-3-4-6-8-14/h9-10,14,16H,3-8,11-12H2,1-2H3. The Hall–Kier alpha value is -0.800. The van der Waals surface area contributed by atoms with Crippen LogP contribution in [0.3, 0.4) is 0 Å². The largest absolute Gasteiger partial charge is 0.468 e. The summed E-state index contributed by atoms with van der Waals surface area (Å²) in [5.74, 6) is 1.08. The van der Waals surface area contributed by atoms with E-state index < -0.39 is 0 Å². The summed E-state index contributed by atoms with van der Waals surface area (Å²) in [5.41, 5.74) is 1.33. The van der Waals surface area contributed by atoms with Crippen molar-refractivity contribution in [2.45, 2.75) is 57.7 Å². The Morgan fingerprint density at radius 1 is 1.28 bits per heavy atom. The van der Waals surface area contributed by atoms with Crippen LogP contribution in [0.4, 0.5) is 0 Å². The lowest BCUT2D eigenvalue weighted by Gasteiger charge is -2.26. The van der Waals surface area contributed by atoms with Crippen LogP contribution in [0, 0.1) is 0 Å². The van der Waals surface area contributed by atoms with Gasteiger partial charge < -0.3 is 9.73 Å². The van der Waals surface area contributed by atoms with Gasteiger partial charge in [0, 0.05) is 18.2 Å². The zero-order chi connectivity index (χ0) is 12.8. The molecule has 0 amide bonds. The molecule has 3 nitrogen and oxygen atoms in total. The van der Waals surface area contributed by atoms with Gasteiger partial charge in [0.05, 0.1) is 12.8 Å². The first-order chi connectivity index (χ1) is 8.81. The van der Waals surface area contributed by atoms with Crippen molar-refractivity contribution in [1.82, 2.24) is 10.2 Å². The molecule has 0 saturated heterocycles. The smallest absolute Gasteiger partial charge is 0.122 e. The van der Waals surface area contributed by atoms with Gasteiger partial charge >= 0.3 is 0 Å². The lowest BCUT2D eigenvalue weighted by atomic mass is 10.1. The molecule has 0 aromatic carbocycles. The summed E-state index contributed by atoms with van der Waals surface area (Å²) in [6.07, 6.45) is 10.1. The fourth-order valence-electron chi connectivity index (χ4n) is 2.92. The number of nitrogens with zero attached hydrogens (tertiary/aromatic N) is 1. The molecule has 1 fully saturated rings. The van der Waals surface area contributed by atoms with E-state index in [-0.39, 0.29) is 0 Å². The molecule has 0 spiro atoms. The summed E-state index contributed by atoms with van der Waals surface area (Å²) in [6.45, 7) is 1.83. The van der Waals surface area contributed by atoms with Crippen LogP contribution in [0.15, 0.2) is 16.7 Å². The van der Waals surface area contributed by atoms with E-state index in [0.29, 0.717) is 0 Å². The highest BCUT2D eigenvalue weighted by Gasteiger charge is 2.18. The highest BCUT2D eigenvalue weighted by atomic mass is 16.3. The predicted molar refractivity (Wildman–Crippen MR) is 74.4 cm³/mol. The van der Waals surface area contributed by atoms with Crippen molar-refractivity contribution in [2.24, 2.45) is 0 Å². The van der Waals surface area contributed by atoms with Crippen LogP contribution >= 0.6 is 0 Å². The SMILES string of the molecule is CNCc1occc1CN(C)C1CCCCCC1. The molecular weight excluding hydrogens is 224 g/mol. The normalized spacial score (nSPS) is 18.2. The Labute approximate surface area is 111 Å². The van der Waals surface area contributed by atoms with Crippen molar-refractivity contribution in [2.75, 3.05) is 14.1 Å².